The Morgan fingerprint density at radius 3 is 2.71 bits per heavy atom. The number of carbonyl (C=O) groups is 1. The van der Waals surface area contributed by atoms with E-state index in [2.05, 4.69) is 9.98 Å². The number of nitrogens with zero attached hydrogens (tertiary/aromatic N) is 2. The van der Waals surface area contributed by atoms with Gasteiger partial charge in [0.15, 0.2) is 0 Å². The van der Waals surface area contributed by atoms with Crippen LogP contribution in [0.3, 0.4) is 0 Å². The quantitative estimate of drug-likeness (QED) is 0.742. The lowest BCUT2D eigenvalue weighted by Crippen LogP contribution is -1.96. The third-order valence-corrected chi connectivity index (χ3v) is 3.14. The second kappa shape index (κ2) is 5.54. The highest BCUT2D eigenvalue weighted by Crippen LogP contribution is 2.20. The number of benzene rings is 2. The number of aromatic carboxylic acids is 1. The first-order valence-electron chi connectivity index (χ1n) is 6.46. The van der Waals surface area contributed by atoms with Gasteiger partial charge in [0.2, 0.25) is 0 Å². The van der Waals surface area contributed by atoms with Crippen LogP contribution in [0.1, 0.15) is 15.9 Å². The molecular weight excluding hydrogens is 264 g/mol. The number of para-hydroxylation sites is 2. The Kier molecular flexibility index (Phi) is 3.43. The molecule has 0 unspecified atom stereocenters. The van der Waals surface area contributed by atoms with Crippen LogP contribution in [0.15, 0.2) is 65.8 Å². The number of fused-ring (bicyclic) bond motifs is 1. The monoisotopic (exact) mass is 276 g/mol. The summed E-state index contributed by atoms with van der Waals surface area (Å²) in [6, 6.07) is 16.3. The van der Waals surface area contributed by atoms with E-state index in [0.717, 1.165) is 16.5 Å². The molecule has 2 aromatic carbocycles. The van der Waals surface area contributed by atoms with E-state index in [4.69, 9.17) is 5.11 Å². The van der Waals surface area contributed by atoms with Gasteiger partial charge in [0, 0.05) is 23.4 Å². The minimum Gasteiger partial charge on any atom is -0.478 e. The second-order valence-electron chi connectivity index (χ2n) is 4.50. The van der Waals surface area contributed by atoms with Gasteiger partial charge in [-0.1, -0.05) is 36.4 Å². The zero-order valence-corrected chi connectivity index (χ0v) is 11.1. The maximum Gasteiger partial charge on any atom is 0.337 e. The zero-order chi connectivity index (χ0) is 14.7. The Morgan fingerprint density at radius 1 is 1.05 bits per heavy atom. The second-order valence-corrected chi connectivity index (χ2v) is 4.50. The molecule has 0 amide bonds. The summed E-state index contributed by atoms with van der Waals surface area (Å²) in [5.74, 6) is -0.987. The first kappa shape index (κ1) is 13.0. The molecule has 0 bridgehead atoms. The Hall–Kier alpha value is -3.01. The molecule has 0 atom stereocenters. The Bertz CT molecular complexity index is 836. The normalized spacial score (nSPS) is 11.0. The van der Waals surface area contributed by atoms with Crippen molar-refractivity contribution in [3.63, 3.8) is 0 Å². The first-order valence-corrected chi connectivity index (χ1v) is 6.46. The van der Waals surface area contributed by atoms with Gasteiger partial charge < -0.3 is 5.11 Å². The van der Waals surface area contributed by atoms with Crippen molar-refractivity contribution in [3.05, 3.63) is 71.9 Å². The zero-order valence-electron chi connectivity index (χ0n) is 11.1. The lowest BCUT2D eigenvalue weighted by molar-refractivity contribution is 0.0698. The lowest BCUT2D eigenvalue weighted by atomic mass is 10.1. The van der Waals surface area contributed by atoms with Crippen LogP contribution in [-0.4, -0.2) is 22.3 Å². The summed E-state index contributed by atoms with van der Waals surface area (Å²) in [6.45, 7) is 0. The fourth-order valence-corrected chi connectivity index (χ4v) is 2.14. The van der Waals surface area contributed by atoms with E-state index in [1.165, 1.54) is 6.07 Å². The third-order valence-electron chi connectivity index (χ3n) is 3.14. The summed E-state index contributed by atoms with van der Waals surface area (Å²) >= 11 is 0. The van der Waals surface area contributed by atoms with Crippen molar-refractivity contribution in [2.75, 3.05) is 0 Å². The predicted octanol–water partition coefficient (Wildman–Crippen LogP) is 3.68. The van der Waals surface area contributed by atoms with Crippen molar-refractivity contribution in [2.24, 2.45) is 4.99 Å². The average molecular weight is 276 g/mol. The number of aromatic nitrogens is 1. The first-order chi connectivity index (χ1) is 10.3. The summed E-state index contributed by atoms with van der Waals surface area (Å²) in [4.78, 5) is 19.8. The Labute approximate surface area is 121 Å². The van der Waals surface area contributed by atoms with E-state index in [1.807, 2.05) is 30.3 Å². The summed E-state index contributed by atoms with van der Waals surface area (Å²) in [5, 5.41) is 10.2. The number of carboxylic acids is 1. The topological polar surface area (TPSA) is 62.5 Å². The fraction of sp³-hybridized carbons (Fsp3) is 0. The molecule has 4 heteroatoms. The molecule has 3 aromatic rings. The van der Waals surface area contributed by atoms with Crippen molar-refractivity contribution < 1.29 is 9.90 Å². The van der Waals surface area contributed by atoms with Crippen LogP contribution >= 0.6 is 0 Å². The van der Waals surface area contributed by atoms with E-state index < -0.39 is 5.97 Å². The van der Waals surface area contributed by atoms with Gasteiger partial charge in [-0.15, -0.1) is 0 Å². The van der Waals surface area contributed by atoms with Crippen LogP contribution in [0.25, 0.3) is 10.9 Å². The largest absolute Gasteiger partial charge is 0.478 e. The number of aliphatic imine (C=N–C) groups is 1. The van der Waals surface area contributed by atoms with Gasteiger partial charge in [0.25, 0.3) is 0 Å². The highest BCUT2D eigenvalue weighted by Gasteiger charge is 2.07. The summed E-state index contributed by atoms with van der Waals surface area (Å²) in [6.07, 6.45) is 3.38. The predicted molar refractivity (Wildman–Crippen MR) is 82.4 cm³/mol. The molecule has 0 saturated carbocycles. The number of rotatable bonds is 3. The molecule has 1 aromatic heterocycles. The molecule has 0 radical (unpaired) electrons. The van der Waals surface area contributed by atoms with E-state index in [0.29, 0.717) is 5.69 Å². The molecule has 102 valence electrons. The van der Waals surface area contributed by atoms with Crippen LogP contribution in [0, 0.1) is 0 Å². The SMILES string of the molecule is O=C(O)c1ccccc1N=Cc1cccc2cccnc12. The highest BCUT2D eigenvalue weighted by molar-refractivity contribution is 6.00. The molecule has 1 heterocycles. The van der Waals surface area contributed by atoms with Gasteiger partial charge in [-0.3, -0.25) is 9.98 Å². The molecular formula is C17H12N2O2. The van der Waals surface area contributed by atoms with E-state index in [-0.39, 0.29) is 5.56 Å². The van der Waals surface area contributed by atoms with E-state index in [9.17, 15) is 4.79 Å². The standard InChI is InChI=1S/C17H12N2O2/c20-17(21)14-8-1-2-9-15(14)19-11-13-6-3-5-12-7-4-10-18-16(12)13/h1-11H,(H,20,21). The smallest absolute Gasteiger partial charge is 0.337 e. The van der Waals surface area contributed by atoms with Gasteiger partial charge in [0.1, 0.15) is 0 Å². The molecule has 0 fully saturated rings. The Balaban J connectivity index is 2.05. The van der Waals surface area contributed by atoms with Gasteiger partial charge in [-0.2, -0.15) is 0 Å². The highest BCUT2D eigenvalue weighted by atomic mass is 16.4. The van der Waals surface area contributed by atoms with Gasteiger partial charge in [0.05, 0.1) is 16.8 Å². The van der Waals surface area contributed by atoms with Crippen molar-refractivity contribution in [3.8, 4) is 0 Å². The van der Waals surface area contributed by atoms with E-state index >= 15 is 0 Å². The molecule has 1 N–H and O–H groups in total. The van der Waals surface area contributed by atoms with Crippen LogP contribution in [0.2, 0.25) is 0 Å². The van der Waals surface area contributed by atoms with Crippen LogP contribution < -0.4 is 0 Å². The molecule has 0 aliphatic carbocycles. The average Bonchev–Trinajstić information content (AvgIpc) is 2.53. The molecule has 0 saturated heterocycles. The molecule has 21 heavy (non-hydrogen) atoms. The molecule has 3 rings (SSSR count). The molecule has 0 spiro atoms. The summed E-state index contributed by atoms with van der Waals surface area (Å²) < 4.78 is 0. The number of hydrogen-bond acceptors (Lipinski definition) is 3. The van der Waals surface area contributed by atoms with Crippen molar-refractivity contribution >= 4 is 28.8 Å². The molecule has 0 aliphatic rings. The lowest BCUT2D eigenvalue weighted by Gasteiger charge is -2.02. The van der Waals surface area contributed by atoms with Gasteiger partial charge >= 0.3 is 5.97 Å². The minimum atomic E-state index is -0.987. The third kappa shape index (κ3) is 2.65. The number of carboxylic acid groups (broad SMARTS) is 1. The number of hydrogen-bond donors (Lipinski definition) is 1. The number of pyridine rings is 1. The maximum atomic E-state index is 11.2. The summed E-state index contributed by atoms with van der Waals surface area (Å²) in [7, 11) is 0. The van der Waals surface area contributed by atoms with Gasteiger partial charge in [-0.05, 0) is 18.2 Å². The van der Waals surface area contributed by atoms with Crippen LogP contribution in [0.5, 0.6) is 0 Å². The minimum absolute atomic E-state index is 0.182. The van der Waals surface area contributed by atoms with Gasteiger partial charge in [-0.25, -0.2) is 4.79 Å². The fourth-order valence-electron chi connectivity index (χ4n) is 2.14. The maximum absolute atomic E-state index is 11.2. The van der Waals surface area contributed by atoms with Crippen LogP contribution in [-0.2, 0) is 0 Å². The summed E-state index contributed by atoms with van der Waals surface area (Å²) in [5.41, 5.74) is 2.31. The van der Waals surface area contributed by atoms with E-state index in [1.54, 1.807) is 30.6 Å². The Morgan fingerprint density at radius 2 is 1.86 bits per heavy atom. The molecule has 4 nitrogen and oxygen atoms in total. The van der Waals surface area contributed by atoms with Crippen molar-refractivity contribution in [2.45, 2.75) is 0 Å². The molecule has 0 aliphatic heterocycles. The van der Waals surface area contributed by atoms with Crippen molar-refractivity contribution in [1.82, 2.24) is 4.98 Å². The van der Waals surface area contributed by atoms with Crippen molar-refractivity contribution in [1.29, 1.82) is 0 Å². The van der Waals surface area contributed by atoms with Crippen LogP contribution in [0.4, 0.5) is 5.69 Å².